The van der Waals surface area contributed by atoms with Gasteiger partial charge in [0.1, 0.15) is 0 Å². The Morgan fingerprint density at radius 3 is 2.48 bits per heavy atom. The maximum Gasteiger partial charge on any atom is 0.255 e. The highest BCUT2D eigenvalue weighted by molar-refractivity contribution is 7.98. The molecule has 0 spiro atoms. The van der Waals surface area contributed by atoms with E-state index in [0.717, 1.165) is 23.7 Å². The lowest BCUT2D eigenvalue weighted by Crippen LogP contribution is -2.28. The number of hydrogen-bond acceptors (Lipinski definition) is 3. The number of carbonyl (C=O) groups excluding carboxylic acids is 1. The fourth-order valence-electron chi connectivity index (χ4n) is 2.92. The summed E-state index contributed by atoms with van der Waals surface area (Å²) in [7, 11) is 0. The summed E-state index contributed by atoms with van der Waals surface area (Å²) in [5.41, 5.74) is 2.87. The van der Waals surface area contributed by atoms with Gasteiger partial charge in [-0.1, -0.05) is 12.1 Å². The second kappa shape index (κ2) is 7.66. The zero-order valence-corrected chi connectivity index (χ0v) is 14.2. The molecule has 2 N–H and O–H groups in total. The third-order valence-corrected chi connectivity index (χ3v) is 5.03. The second-order valence-electron chi connectivity index (χ2n) is 5.85. The number of amides is 1. The maximum atomic E-state index is 12.3. The van der Waals surface area contributed by atoms with Gasteiger partial charge in [-0.15, -0.1) is 11.8 Å². The van der Waals surface area contributed by atoms with Crippen LogP contribution >= 0.6 is 11.8 Å². The van der Waals surface area contributed by atoms with E-state index in [2.05, 4.69) is 22.8 Å². The van der Waals surface area contributed by atoms with Crippen LogP contribution in [0.1, 0.15) is 34.7 Å². The minimum absolute atomic E-state index is 0.0651. The number of anilines is 1. The molecule has 23 heavy (non-hydrogen) atoms. The topological polar surface area (TPSA) is 41.1 Å². The van der Waals surface area contributed by atoms with Gasteiger partial charge in [-0.2, -0.15) is 0 Å². The second-order valence-corrected chi connectivity index (χ2v) is 6.73. The van der Waals surface area contributed by atoms with Crippen LogP contribution in [0.2, 0.25) is 0 Å². The normalized spacial score (nSPS) is 17.7. The fourth-order valence-corrected chi connectivity index (χ4v) is 3.33. The van der Waals surface area contributed by atoms with E-state index in [1.165, 1.54) is 18.4 Å². The third kappa shape index (κ3) is 4.15. The van der Waals surface area contributed by atoms with Crippen molar-refractivity contribution in [1.82, 2.24) is 5.32 Å². The fraction of sp³-hybridized carbons (Fsp3) is 0.316. The first-order valence-electron chi connectivity index (χ1n) is 8.02. The average Bonchev–Trinajstić information content (AvgIpc) is 2.63. The molecule has 2 aromatic rings. The first-order valence-corrected chi connectivity index (χ1v) is 9.25. The molecule has 1 amide bonds. The highest BCUT2D eigenvalue weighted by Gasteiger charge is 2.15. The Labute approximate surface area is 141 Å². The van der Waals surface area contributed by atoms with E-state index in [9.17, 15) is 4.79 Å². The van der Waals surface area contributed by atoms with E-state index in [0.29, 0.717) is 11.5 Å². The van der Waals surface area contributed by atoms with Crippen LogP contribution in [0.5, 0.6) is 0 Å². The largest absolute Gasteiger partial charge is 0.322 e. The zero-order valence-electron chi connectivity index (χ0n) is 13.3. The first kappa shape index (κ1) is 16.1. The molecule has 4 heteroatoms. The number of piperidine rings is 1. The predicted octanol–water partition coefficient (Wildman–Crippen LogP) is 4.13. The van der Waals surface area contributed by atoms with Crippen LogP contribution in [-0.4, -0.2) is 25.3 Å². The molecule has 0 bridgehead atoms. The first-order chi connectivity index (χ1) is 11.3. The number of thioether (sulfide) groups is 1. The minimum atomic E-state index is -0.0651. The summed E-state index contributed by atoms with van der Waals surface area (Å²) in [6.07, 6.45) is 4.49. The van der Waals surface area contributed by atoms with Crippen LogP contribution in [0.4, 0.5) is 5.69 Å². The zero-order chi connectivity index (χ0) is 16.1. The van der Waals surface area contributed by atoms with Crippen molar-refractivity contribution in [3.63, 3.8) is 0 Å². The van der Waals surface area contributed by atoms with Gasteiger partial charge in [-0.05, 0) is 73.5 Å². The van der Waals surface area contributed by atoms with Gasteiger partial charge in [0, 0.05) is 22.7 Å². The summed E-state index contributed by atoms with van der Waals surface area (Å²) >= 11 is 1.67. The molecular formula is C19H22N2OS. The molecule has 1 atom stereocenters. The van der Waals surface area contributed by atoms with Crippen molar-refractivity contribution in [3.05, 3.63) is 59.7 Å². The number of benzene rings is 2. The summed E-state index contributed by atoms with van der Waals surface area (Å²) in [5, 5.41) is 6.40. The van der Waals surface area contributed by atoms with Gasteiger partial charge in [-0.3, -0.25) is 4.79 Å². The van der Waals surface area contributed by atoms with Gasteiger partial charge in [0.15, 0.2) is 0 Å². The predicted molar refractivity (Wildman–Crippen MR) is 97.5 cm³/mol. The van der Waals surface area contributed by atoms with Crippen molar-refractivity contribution in [1.29, 1.82) is 0 Å². The molecule has 3 nitrogen and oxygen atoms in total. The van der Waals surface area contributed by atoms with E-state index >= 15 is 0 Å². The Bertz CT molecular complexity index is 646. The molecule has 1 aliphatic rings. The Hall–Kier alpha value is -1.78. The van der Waals surface area contributed by atoms with Gasteiger partial charge >= 0.3 is 0 Å². The van der Waals surface area contributed by atoms with Gasteiger partial charge in [0.05, 0.1) is 0 Å². The lowest BCUT2D eigenvalue weighted by molar-refractivity contribution is 0.102. The van der Waals surface area contributed by atoms with Crippen LogP contribution in [-0.2, 0) is 0 Å². The Kier molecular flexibility index (Phi) is 5.36. The molecule has 1 fully saturated rings. The number of rotatable bonds is 4. The van der Waals surface area contributed by atoms with E-state index in [4.69, 9.17) is 0 Å². The standard InChI is InChI=1S/C19H22N2OS/c1-23-18-10-6-15(7-11-18)19(22)21-17-8-4-14(5-9-17)16-3-2-12-20-13-16/h4-11,16,20H,2-3,12-13H2,1H3,(H,21,22)/t16-/m1/s1. The van der Waals surface area contributed by atoms with Gasteiger partial charge in [0.2, 0.25) is 0 Å². The van der Waals surface area contributed by atoms with E-state index in [1.807, 2.05) is 42.7 Å². The van der Waals surface area contributed by atoms with E-state index in [-0.39, 0.29) is 5.91 Å². The average molecular weight is 326 g/mol. The molecule has 1 aliphatic heterocycles. The molecule has 0 unspecified atom stereocenters. The van der Waals surface area contributed by atoms with E-state index in [1.54, 1.807) is 11.8 Å². The Morgan fingerprint density at radius 2 is 1.87 bits per heavy atom. The van der Waals surface area contributed by atoms with Crippen molar-refractivity contribution in [2.75, 3.05) is 24.7 Å². The van der Waals surface area contributed by atoms with Gasteiger partial charge in [-0.25, -0.2) is 0 Å². The Balaban J connectivity index is 1.63. The molecule has 3 rings (SSSR count). The van der Waals surface area contributed by atoms with Crippen LogP contribution in [0.15, 0.2) is 53.4 Å². The highest BCUT2D eigenvalue weighted by Crippen LogP contribution is 2.24. The molecular weight excluding hydrogens is 304 g/mol. The SMILES string of the molecule is CSc1ccc(C(=O)Nc2ccc([C@@H]3CCCNC3)cc2)cc1. The summed E-state index contributed by atoms with van der Waals surface area (Å²) in [6, 6.07) is 15.9. The number of nitrogens with one attached hydrogen (secondary N) is 2. The van der Waals surface area contributed by atoms with E-state index < -0.39 is 0 Å². The van der Waals surface area contributed by atoms with Gasteiger partial charge in [0.25, 0.3) is 5.91 Å². The van der Waals surface area contributed by atoms with Crippen LogP contribution in [0.3, 0.4) is 0 Å². The highest BCUT2D eigenvalue weighted by atomic mass is 32.2. The molecule has 1 heterocycles. The van der Waals surface area contributed by atoms with Crippen LogP contribution < -0.4 is 10.6 Å². The Morgan fingerprint density at radius 1 is 1.13 bits per heavy atom. The van der Waals surface area contributed by atoms with Crippen molar-refractivity contribution in [3.8, 4) is 0 Å². The quantitative estimate of drug-likeness (QED) is 0.830. The minimum Gasteiger partial charge on any atom is -0.322 e. The lowest BCUT2D eigenvalue weighted by atomic mass is 9.91. The maximum absolute atomic E-state index is 12.3. The van der Waals surface area contributed by atoms with Crippen molar-refractivity contribution in [2.24, 2.45) is 0 Å². The number of carbonyl (C=O) groups is 1. The molecule has 0 radical (unpaired) electrons. The summed E-state index contributed by atoms with van der Waals surface area (Å²) in [5.74, 6) is 0.525. The monoisotopic (exact) mass is 326 g/mol. The smallest absolute Gasteiger partial charge is 0.255 e. The molecule has 0 saturated carbocycles. The molecule has 2 aromatic carbocycles. The summed E-state index contributed by atoms with van der Waals surface area (Å²) in [4.78, 5) is 13.4. The lowest BCUT2D eigenvalue weighted by Gasteiger charge is -2.23. The van der Waals surface area contributed by atoms with Crippen molar-refractivity contribution < 1.29 is 4.79 Å². The third-order valence-electron chi connectivity index (χ3n) is 4.29. The number of hydrogen-bond donors (Lipinski definition) is 2. The van der Waals surface area contributed by atoms with Crippen LogP contribution in [0, 0.1) is 0 Å². The van der Waals surface area contributed by atoms with Crippen molar-refractivity contribution >= 4 is 23.4 Å². The molecule has 120 valence electrons. The molecule has 1 saturated heterocycles. The molecule has 0 aromatic heterocycles. The molecule has 0 aliphatic carbocycles. The van der Waals surface area contributed by atoms with Crippen LogP contribution in [0.25, 0.3) is 0 Å². The van der Waals surface area contributed by atoms with Crippen molar-refractivity contribution in [2.45, 2.75) is 23.7 Å². The summed E-state index contributed by atoms with van der Waals surface area (Å²) in [6.45, 7) is 2.17. The van der Waals surface area contributed by atoms with Gasteiger partial charge < -0.3 is 10.6 Å². The summed E-state index contributed by atoms with van der Waals surface area (Å²) < 4.78 is 0.